The van der Waals surface area contributed by atoms with Gasteiger partial charge in [-0.25, -0.2) is 0 Å². The molecule has 5 heteroatoms. The van der Waals surface area contributed by atoms with Crippen molar-refractivity contribution in [1.82, 2.24) is 0 Å². The van der Waals surface area contributed by atoms with E-state index in [0.29, 0.717) is 10.0 Å². The Morgan fingerprint density at radius 1 is 1.57 bits per heavy atom. The first kappa shape index (κ1) is 11.0. The second-order valence-corrected chi connectivity index (χ2v) is 3.65. The fourth-order valence-electron chi connectivity index (χ4n) is 1.21. The lowest BCUT2D eigenvalue weighted by Crippen LogP contribution is -2.21. The first-order chi connectivity index (χ1) is 6.57. The van der Waals surface area contributed by atoms with E-state index in [-0.39, 0.29) is 12.3 Å². The summed E-state index contributed by atoms with van der Waals surface area (Å²) in [6.07, 6.45) is 0. The molecule has 1 aromatic carbocycles. The summed E-state index contributed by atoms with van der Waals surface area (Å²) < 4.78 is 0.551. The molecule has 76 valence electrons. The average Bonchev–Trinajstić information content (AvgIpc) is 2.10. The smallest absolute Gasteiger partial charge is 0.312 e. The van der Waals surface area contributed by atoms with Crippen molar-refractivity contribution in [2.24, 2.45) is 5.73 Å². The molecule has 0 radical (unpaired) electrons. The van der Waals surface area contributed by atoms with Crippen LogP contribution in [0.3, 0.4) is 0 Å². The van der Waals surface area contributed by atoms with Crippen LogP contribution in [0.1, 0.15) is 11.5 Å². The molecule has 0 spiro atoms. The Morgan fingerprint density at radius 2 is 2.21 bits per heavy atom. The monoisotopic (exact) mass is 259 g/mol. The Kier molecular flexibility index (Phi) is 3.49. The summed E-state index contributed by atoms with van der Waals surface area (Å²) in [4.78, 5) is 10.8. The quantitative estimate of drug-likeness (QED) is 0.764. The molecule has 0 aliphatic heterocycles. The first-order valence-corrected chi connectivity index (χ1v) is 4.77. The molecule has 0 amide bonds. The summed E-state index contributed by atoms with van der Waals surface area (Å²) in [5, 5.41) is 18.4. The second-order valence-electron chi connectivity index (χ2n) is 2.80. The number of phenols is 1. The minimum atomic E-state index is -1.05. The van der Waals surface area contributed by atoms with Gasteiger partial charge in [0.2, 0.25) is 0 Å². The molecule has 0 aliphatic rings. The predicted octanol–water partition coefficient (Wildman–Crippen LogP) is 1.28. The maximum atomic E-state index is 10.8. The van der Waals surface area contributed by atoms with Crippen molar-refractivity contribution < 1.29 is 15.0 Å². The van der Waals surface area contributed by atoms with Gasteiger partial charge in [-0.2, -0.15) is 0 Å². The van der Waals surface area contributed by atoms with Crippen LogP contribution < -0.4 is 5.73 Å². The highest BCUT2D eigenvalue weighted by molar-refractivity contribution is 9.10. The minimum absolute atomic E-state index is 0.0501. The number of carboxylic acid groups (broad SMARTS) is 1. The number of hydrogen-bond donors (Lipinski definition) is 3. The zero-order valence-electron chi connectivity index (χ0n) is 7.27. The summed E-state index contributed by atoms with van der Waals surface area (Å²) in [6, 6.07) is 4.73. The van der Waals surface area contributed by atoms with Crippen LogP contribution in [0.4, 0.5) is 0 Å². The van der Waals surface area contributed by atoms with Gasteiger partial charge in [0.05, 0.1) is 5.92 Å². The Hall–Kier alpha value is -1.07. The molecule has 1 rings (SSSR count). The van der Waals surface area contributed by atoms with E-state index in [1.165, 1.54) is 6.07 Å². The molecule has 0 fully saturated rings. The molecule has 0 saturated carbocycles. The lowest BCUT2D eigenvalue weighted by atomic mass is 9.98. The topological polar surface area (TPSA) is 83.6 Å². The molecule has 0 saturated heterocycles. The summed E-state index contributed by atoms with van der Waals surface area (Å²) in [5.41, 5.74) is 5.65. The molecule has 0 bridgehead atoms. The number of rotatable bonds is 3. The third kappa shape index (κ3) is 2.05. The number of hydrogen-bond acceptors (Lipinski definition) is 3. The largest absolute Gasteiger partial charge is 0.508 e. The molecule has 1 aromatic rings. The number of phenolic OH excluding ortho intramolecular Hbond substituents is 1. The second kappa shape index (κ2) is 4.43. The zero-order valence-corrected chi connectivity index (χ0v) is 8.86. The lowest BCUT2D eigenvalue weighted by molar-refractivity contribution is -0.138. The highest BCUT2D eigenvalue weighted by Crippen LogP contribution is 2.32. The predicted molar refractivity (Wildman–Crippen MR) is 55.2 cm³/mol. The summed E-state index contributed by atoms with van der Waals surface area (Å²) in [6.45, 7) is -0.0501. The van der Waals surface area contributed by atoms with Crippen molar-refractivity contribution >= 4 is 21.9 Å². The van der Waals surface area contributed by atoms with E-state index in [4.69, 9.17) is 10.8 Å². The molecule has 1 atom stereocenters. The first-order valence-electron chi connectivity index (χ1n) is 3.98. The highest BCUT2D eigenvalue weighted by atomic mass is 79.9. The Morgan fingerprint density at radius 3 is 2.64 bits per heavy atom. The lowest BCUT2D eigenvalue weighted by Gasteiger charge is -2.13. The number of carboxylic acids is 1. The Bertz CT molecular complexity index is 334. The molecule has 0 aromatic heterocycles. The SMILES string of the molecule is NCC(C(=O)O)c1c(O)cccc1Br. The van der Waals surface area contributed by atoms with Gasteiger partial charge >= 0.3 is 5.97 Å². The molecule has 0 aliphatic carbocycles. The van der Waals surface area contributed by atoms with Crippen LogP contribution in [-0.2, 0) is 4.79 Å². The third-order valence-electron chi connectivity index (χ3n) is 1.91. The molecule has 0 heterocycles. The third-order valence-corrected chi connectivity index (χ3v) is 2.60. The summed E-state index contributed by atoms with van der Waals surface area (Å²) in [5.74, 6) is -1.99. The van der Waals surface area contributed by atoms with Gasteiger partial charge in [0.15, 0.2) is 0 Å². The van der Waals surface area contributed by atoms with Crippen LogP contribution in [0, 0.1) is 0 Å². The van der Waals surface area contributed by atoms with Crippen LogP contribution >= 0.6 is 15.9 Å². The van der Waals surface area contributed by atoms with Gasteiger partial charge < -0.3 is 15.9 Å². The molecule has 4 N–H and O–H groups in total. The van der Waals surface area contributed by atoms with Gasteiger partial charge in [-0.05, 0) is 12.1 Å². The Balaban J connectivity index is 3.22. The van der Waals surface area contributed by atoms with Crippen molar-refractivity contribution in [2.45, 2.75) is 5.92 Å². The molecule has 1 unspecified atom stereocenters. The number of nitrogens with two attached hydrogens (primary N) is 1. The number of aliphatic carboxylic acids is 1. The van der Waals surface area contributed by atoms with Crippen molar-refractivity contribution in [3.63, 3.8) is 0 Å². The summed E-state index contributed by atoms with van der Waals surface area (Å²) in [7, 11) is 0. The number of aromatic hydroxyl groups is 1. The zero-order chi connectivity index (χ0) is 10.7. The maximum absolute atomic E-state index is 10.8. The van der Waals surface area contributed by atoms with Crippen molar-refractivity contribution in [2.75, 3.05) is 6.54 Å². The van der Waals surface area contributed by atoms with E-state index in [2.05, 4.69) is 15.9 Å². The van der Waals surface area contributed by atoms with Crippen molar-refractivity contribution in [3.8, 4) is 5.75 Å². The fourth-order valence-corrected chi connectivity index (χ4v) is 1.84. The van der Waals surface area contributed by atoms with E-state index in [9.17, 15) is 9.90 Å². The fraction of sp³-hybridized carbons (Fsp3) is 0.222. The van der Waals surface area contributed by atoms with E-state index >= 15 is 0 Å². The van der Waals surface area contributed by atoms with Crippen LogP contribution in [0.25, 0.3) is 0 Å². The van der Waals surface area contributed by atoms with E-state index in [1.807, 2.05) is 0 Å². The highest BCUT2D eigenvalue weighted by Gasteiger charge is 2.23. The normalized spacial score (nSPS) is 12.4. The standard InChI is InChI=1S/C9H10BrNO3/c10-6-2-1-3-7(12)8(6)5(4-11)9(13)14/h1-3,5,12H,4,11H2,(H,13,14). The minimum Gasteiger partial charge on any atom is -0.508 e. The molecular weight excluding hydrogens is 250 g/mol. The van der Waals surface area contributed by atoms with Gasteiger partial charge in [-0.1, -0.05) is 22.0 Å². The van der Waals surface area contributed by atoms with Crippen LogP contribution in [0.2, 0.25) is 0 Å². The molecule has 4 nitrogen and oxygen atoms in total. The van der Waals surface area contributed by atoms with Gasteiger partial charge in [0.1, 0.15) is 5.75 Å². The summed E-state index contributed by atoms with van der Waals surface area (Å²) >= 11 is 3.18. The van der Waals surface area contributed by atoms with Gasteiger partial charge in [-0.3, -0.25) is 4.79 Å². The maximum Gasteiger partial charge on any atom is 0.312 e. The van der Waals surface area contributed by atoms with Crippen LogP contribution in [-0.4, -0.2) is 22.7 Å². The van der Waals surface area contributed by atoms with Crippen molar-refractivity contribution in [3.05, 3.63) is 28.2 Å². The van der Waals surface area contributed by atoms with Gasteiger partial charge in [0, 0.05) is 16.6 Å². The molecular formula is C9H10BrNO3. The van der Waals surface area contributed by atoms with Crippen molar-refractivity contribution in [1.29, 1.82) is 0 Å². The number of halogens is 1. The van der Waals surface area contributed by atoms with Gasteiger partial charge in [-0.15, -0.1) is 0 Å². The number of benzene rings is 1. The van der Waals surface area contributed by atoms with E-state index in [1.54, 1.807) is 12.1 Å². The van der Waals surface area contributed by atoms with Crippen LogP contribution in [0.5, 0.6) is 5.75 Å². The van der Waals surface area contributed by atoms with E-state index < -0.39 is 11.9 Å². The molecule has 14 heavy (non-hydrogen) atoms. The average molecular weight is 260 g/mol. The number of carbonyl (C=O) groups is 1. The van der Waals surface area contributed by atoms with Crippen LogP contribution in [0.15, 0.2) is 22.7 Å². The Labute approximate surface area is 89.5 Å². The van der Waals surface area contributed by atoms with Gasteiger partial charge in [0.25, 0.3) is 0 Å². The van der Waals surface area contributed by atoms with E-state index in [0.717, 1.165) is 0 Å².